The van der Waals surface area contributed by atoms with E-state index in [-0.39, 0.29) is 12.3 Å². The van der Waals surface area contributed by atoms with E-state index in [2.05, 4.69) is 4.99 Å². The van der Waals surface area contributed by atoms with Crippen molar-refractivity contribution in [3.8, 4) is 0 Å². The van der Waals surface area contributed by atoms with Gasteiger partial charge < -0.3 is 4.74 Å². The Balaban J connectivity index is 3.04. The fraction of sp³-hybridized carbons (Fsp3) is 0.250. The van der Waals surface area contributed by atoms with Gasteiger partial charge in [0.15, 0.2) is 0 Å². The summed E-state index contributed by atoms with van der Waals surface area (Å²) < 4.78 is 4.79. The number of halogens is 1. The highest BCUT2D eigenvalue weighted by atomic mass is 35.5. The first kappa shape index (κ1) is 13.4. The van der Waals surface area contributed by atoms with E-state index in [0.29, 0.717) is 22.6 Å². The number of aliphatic imine (C=N–C) groups is 1. The predicted octanol–water partition coefficient (Wildman–Crippen LogP) is 2.81. The summed E-state index contributed by atoms with van der Waals surface area (Å²) in [7, 11) is 0. The van der Waals surface area contributed by atoms with Gasteiger partial charge in [-0.2, -0.15) is 0 Å². The summed E-state index contributed by atoms with van der Waals surface area (Å²) in [6.45, 7) is 3.53. The second-order valence-electron chi connectivity index (χ2n) is 3.25. The van der Waals surface area contributed by atoms with Gasteiger partial charge in [-0.3, -0.25) is 4.79 Å². The molecule has 0 saturated carbocycles. The van der Waals surface area contributed by atoms with Gasteiger partial charge in [0.25, 0.3) is 0 Å². The van der Waals surface area contributed by atoms with Gasteiger partial charge in [-0.25, -0.2) is 9.79 Å². The molecule has 0 aliphatic rings. The monoisotopic (exact) mass is 253 g/mol. The van der Waals surface area contributed by atoms with Gasteiger partial charge in [0.2, 0.25) is 0 Å². The van der Waals surface area contributed by atoms with Crippen LogP contribution in [0.2, 0.25) is 5.02 Å². The van der Waals surface area contributed by atoms with E-state index in [1.165, 1.54) is 13.0 Å². The zero-order valence-electron chi connectivity index (χ0n) is 9.57. The standard InChI is InChI=1S/C12H12ClNO3/c1-3-17-12(16)8(2)14-11-6-9(7-15)4-5-10(11)13/h4-7H,3H2,1-2H3. The summed E-state index contributed by atoms with van der Waals surface area (Å²) in [4.78, 5) is 26.0. The van der Waals surface area contributed by atoms with Crippen LogP contribution in [-0.4, -0.2) is 24.6 Å². The highest BCUT2D eigenvalue weighted by molar-refractivity contribution is 6.37. The van der Waals surface area contributed by atoms with Crippen LogP contribution in [-0.2, 0) is 9.53 Å². The van der Waals surface area contributed by atoms with Crippen molar-refractivity contribution in [2.75, 3.05) is 6.61 Å². The lowest BCUT2D eigenvalue weighted by atomic mass is 10.2. The molecule has 1 aromatic rings. The van der Waals surface area contributed by atoms with Crippen LogP contribution in [0.5, 0.6) is 0 Å². The average molecular weight is 254 g/mol. The summed E-state index contributed by atoms with van der Waals surface area (Å²) >= 11 is 5.90. The quantitative estimate of drug-likeness (QED) is 0.471. The topological polar surface area (TPSA) is 55.7 Å². The van der Waals surface area contributed by atoms with Gasteiger partial charge >= 0.3 is 5.97 Å². The molecule has 0 spiro atoms. The molecule has 0 unspecified atom stereocenters. The minimum absolute atomic E-state index is 0.191. The van der Waals surface area contributed by atoms with Crippen molar-refractivity contribution in [2.24, 2.45) is 4.99 Å². The fourth-order valence-electron chi connectivity index (χ4n) is 1.15. The van der Waals surface area contributed by atoms with Crippen LogP contribution in [0.25, 0.3) is 0 Å². The fourth-order valence-corrected chi connectivity index (χ4v) is 1.31. The molecule has 0 aliphatic heterocycles. The summed E-state index contributed by atoms with van der Waals surface area (Å²) in [6, 6.07) is 4.65. The van der Waals surface area contributed by atoms with Crippen LogP contribution in [0, 0.1) is 0 Å². The Hall–Kier alpha value is -1.68. The second kappa shape index (κ2) is 6.15. The minimum atomic E-state index is -0.500. The Kier molecular flexibility index (Phi) is 4.84. The van der Waals surface area contributed by atoms with Crippen molar-refractivity contribution in [1.29, 1.82) is 0 Å². The minimum Gasteiger partial charge on any atom is -0.462 e. The van der Waals surface area contributed by atoms with Crippen LogP contribution < -0.4 is 0 Å². The number of hydrogen-bond donors (Lipinski definition) is 0. The van der Waals surface area contributed by atoms with Gasteiger partial charge in [-0.15, -0.1) is 0 Å². The first-order valence-corrected chi connectivity index (χ1v) is 5.43. The molecule has 90 valence electrons. The van der Waals surface area contributed by atoms with Gasteiger partial charge in [-0.05, 0) is 26.0 Å². The van der Waals surface area contributed by atoms with E-state index < -0.39 is 5.97 Å². The maximum atomic E-state index is 11.3. The third kappa shape index (κ3) is 3.67. The van der Waals surface area contributed by atoms with Crippen LogP contribution >= 0.6 is 11.6 Å². The smallest absolute Gasteiger partial charge is 0.352 e. The zero-order valence-corrected chi connectivity index (χ0v) is 10.3. The molecule has 4 nitrogen and oxygen atoms in total. The van der Waals surface area contributed by atoms with Gasteiger partial charge in [0, 0.05) is 5.56 Å². The van der Waals surface area contributed by atoms with Crippen molar-refractivity contribution in [2.45, 2.75) is 13.8 Å². The second-order valence-corrected chi connectivity index (χ2v) is 3.65. The van der Waals surface area contributed by atoms with E-state index in [0.717, 1.165) is 0 Å². The third-order valence-electron chi connectivity index (χ3n) is 1.97. The molecule has 0 saturated heterocycles. The number of nitrogens with zero attached hydrogens (tertiary/aromatic N) is 1. The molecule has 0 fully saturated rings. The lowest BCUT2D eigenvalue weighted by Gasteiger charge is -2.03. The lowest BCUT2D eigenvalue weighted by Crippen LogP contribution is -2.13. The maximum absolute atomic E-state index is 11.3. The van der Waals surface area contributed by atoms with Crippen molar-refractivity contribution in [3.05, 3.63) is 28.8 Å². The SMILES string of the molecule is CCOC(=O)C(C)=Nc1cc(C=O)ccc1Cl. The molecule has 0 radical (unpaired) electrons. The van der Waals surface area contributed by atoms with Crippen molar-refractivity contribution >= 4 is 35.3 Å². The van der Waals surface area contributed by atoms with Gasteiger partial charge in [0.05, 0.1) is 17.3 Å². The van der Waals surface area contributed by atoms with Gasteiger partial charge in [-0.1, -0.05) is 17.7 Å². The number of hydrogen-bond acceptors (Lipinski definition) is 4. The Bertz CT molecular complexity index is 469. The van der Waals surface area contributed by atoms with E-state index in [4.69, 9.17) is 16.3 Å². The van der Waals surface area contributed by atoms with Crippen LogP contribution in [0.4, 0.5) is 5.69 Å². The number of benzene rings is 1. The summed E-state index contributed by atoms with van der Waals surface area (Å²) in [5, 5.41) is 0.374. The highest BCUT2D eigenvalue weighted by Gasteiger charge is 2.08. The lowest BCUT2D eigenvalue weighted by molar-refractivity contribution is -0.135. The predicted molar refractivity (Wildman–Crippen MR) is 66.2 cm³/mol. The number of aldehydes is 1. The molecule has 17 heavy (non-hydrogen) atoms. The van der Waals surface area contributed by atoms with Crippen molar-refractivity contribution < 1.29 is 14.3 Å². The molecule has 0 aliphatic carbocycles. The zero-order chi connectivity index (χ0) is 12.8. The Morgan fingerprint density at radius 3 is 2.82 bits per heavy atom. The average Bonchev–Trinajstić information content (AvgIpc) is 2.32. The summed E-state index contributed by atoms with van der Waals surface area (Å²) in [6.07, 6.45) is 0.690. The molecule has 0 amide bonds. The number of ether oxygens (including phenoxy) is 1. The Morgan fingerprint density at radius 2 is 2.24 bits per heavy atom. The molecule has 1 rings (SSSR count). The van der Waals surface area contributed by atoms with E-state index >= 15 is 0 Å². The number of rotatable bonds is 4. The maximum Gasteiger partial charge on any atom is 0.352 e. The number of carbonyl (C=O) groups excluding carboxylic acids is 2. The Labute approximate surface area is 104 Å². The third-order valence-corrected chi connectivity index (χ3v) is 2.28. The number of esters is 1. The van der Waals surface area contributed by atoms with E-state index in [1.54, 1.807) is 19.1 Å². The normalized spacial score (nSPS) is 11.1. The van der Waals surface area contributed by atoms with E-state index in [9.17, 15) is 9.59 Å². The molecular formula is C12H12ClNO3. The van der Waals surface area contributed by atoms with E-state index in [1.807, 2.05) is 0 Å². The summed E-state index contributed by atoms with van der Waals surface area (Å²) in [5.41, 5.74) is 1.02. The molecule has 0 bridgehead atoms. The molecule has 0 heterocycles. The highest BCUT2D eigenvalue weighted by Crippen LogP contribution is 2.25. The van der Waals surface area contributed by atoms with Gasteiger partial charge in [0.1, 0.15) is 12.0 Å². The van der Waals surface area contributed by atoms with Crippen LogP contribution in [0.3, 0.4) is 0 Å². The molecular weight excluding hydrogens is 242 g/mol. The van der Waals surface area contributed by atoms with Crippen molar-refractivity contribution in [3.63, 3.8) is 0 Å². The first-order chi connectivity index (χ1) is 8.08. The molecule has 1 aromatic carbocycles. The van der Waals surface area contributed by atoms with Crippen LogP contribution in [0.1, 0.15) is 24.2 Å². The summed E-state index contributed by atoms with van der Waals surface area (Å²) in [5.74, 6) is -0.500. The Morgan fingerprint density at radius 1 is 1.53 bits per heavy atom. The first-order valence-electron chi connectivity index (χ1n) is 5.05. The number of carbonyl (C=O) groups is 2. The molecule has 0 aromatic heterocycles. The largest absolute Gasteiger partial charge is 0.462 e. The van der Waals surface area contributed by atoms with Crippen molar-refractivity contribution in [1.82, 2.24) is 0 Å². The van der Waals surface area contributed by atoms with Crippen LogP contribution in [0.15, 0.2) is 23.2 Å². The molecule has 0 N–H and O–H groups in total. The molecule has 0 atom stereocenters. The molecule has 5 heteroatoms.